The van der Waals surface area contributed by atoms with Crippen LogP contribution in [0.3, 0.4) is 0 Å². The van der Waals surface area contributed by atoms with E-state index in [1.165, 1.54) is 12.1 Å². The molecule has 1 saturated heterocycles. The number of nitrogens with zero attached hydrogens (tertiary/aromatic N) is 1. The molecule has 1 N–H and O–H groups in total. The van der Waals surface area contributed by atoms with Crippen molar-refractivity contribution in [1.82, 2.24) is 4.90 Å². The third-order valence-electron chi connectivity index (χ3n) is 5.45. The summed E-state index contributed by atoms with van der Waals surface area (Å²) in [6, 6.07) is 4.98. The highest BCUT2D eigenvalue weighted by atomic mass is 19.4. The molecular formula is C21H22F3NO3. The molecule has 150 valence electrons. The molecule has 1 aromatic carbocycles. The largest absolute Gasteiger partial charge is 0.511 e. The molecule has 4 rings (SSSR count). The molecule has 28 heavy (non-hydrogen) atoms. The van der Waals surface area contributed by atoms with Crippen LogP contribution in [0.15, 0.2) is 59.8 Å². The fourth-order valence-corrected chi connectivity index (χ4v) is 4.04. The summed E-state index contributed by atoms with van der Waals surface area (Å²) in [6.07, 6.45) is 3.98. The van der Waals surface area contributed by atoms with E-state index in [2.05, 4.69) is 4.90 Å². The Morgan fingerprint density at radius 2 is 1.68 bits per heavy atom. The number of piperidine rings is 1. The number of aliphatic hydroxyl groups excluding tert-OH is 1. The van der Waals surface area contributed by atoms with Gasteiger partial charge in [-0.2, -0.15) is 13.2 Å². The van der Waals surface area contributed by atoms with E-state index in [-0.39, 0.29) is 18.6 Å². The van der Waals surface area contributed by atoms with E-state index in [9.17, 15) is 18.3 Å². The first kappa shape index (κ1) is 18.9. The Kier molecular flexibility index (Phi) is 5.10. The van der Waals surface area contributed by atoms with Crippen molar-refractivity contribution < 1.29 is 27.8 Å². The smallest absolute Gasteiger partial charge is 0.416 e. The maximum absolute atomic E-state index is 13.0. The molecule has 0 bridgehead atoms. The van der Waals surface area contributed by atoms with E-state index in [1.54, 1.807) is 12.2 Å². The molecular weight excluding hydrogens is 371 g/mol. The van der Waals surface area contributed by atoms with E-state index in [1.807, 2.05) is 6.08 Å². The van der Waals surface area contributed by atoms with Crippen LogP contribution in [-0.4, -0.2) is 29.9 Å². The second-order valence-electron chi connectivity index (χ2n) is 7.25. The normalized spacial score (nSPS) is 24.1. The van der Waals surface area contributed by atoms with Gasteiger partial charge in [-0.05, 0) is 49.7 Å². The van der Waals surface area contributed by atoms with Gasteiger partial charge in [0.15, 0.2) is 11.5 Å². The first-order chi connectivity index (χ1) is 13.4. The van der Waals surface area contributed by atoms with E-state index in [0.29, 0.717) is 11.5 Å². The van der Waals surface area contributed by atoms with Gasteiger partial charge < -0.3 is 14.6 Å². The highest BCUT2D eigenvalue weighted by molar-refractivity contribution is 5.37. The highest BCUT2D eigenvalue weighted by Gasteiger charge is 2.35. The number of halogens is 3. The van der Waals surface area contributed by atoms with Gasteiger partial charge in [0.2, 0.25) is 6.79 Å². The molecule has 0 spiro atoms. The molecule has 2 aliphatic heterocycles. The standard InChI is InChI=1S/C21H22F3NO3/c22-21(23,24)15-6-4-14(5-7-15)20(25-10-2-1-3-11-25)16-8-9-18-19(12-17(16)26)28-13-27-18/h4-9,12,16,20,26H,1-3,10-11,13H2. The van der Waals surface area contributed by atoms with Crippen LogP contribution in [0.4, 0.5) is 13.2 Å². The summed E-state index contributed by atoms with van der Waals surface area (Å²) >= 11 is 0. The van der Waals surface area contributed by atoms with Crippen molar-refractivity contribution in [3.8, 4) is 0 Å². The number of hydrogen-bond donors (Lipinski definition) is 1. The molecule has 0 saturated carbocycles. The second-order valence-corrected chi connectivity index (χ2v) is 7.25. The topological polar surface area (TPSA) is 41.9 Å². The molecule has 0 radical (unpaired) electrons. The zero-order chi connectivity index (χ0) is 19.7. The van der Waals surface area contributed by atoms with Gasteiger partial charge in [-0.1, -0.05) is 24.6 Å². The Hall–Kier alpha value is -2.41. The van der Waals surface area contributed by atoms with Crippen LogP contribution in [0.2, 0.25) is 0 Å². The monoisotopic (exact) mass is 393 g/mol. The summed E-state index contributed by atoms with van der Waals surface area (Å²) in [7, 11) is 0. The third kappa shape index (κ3) is 3.76. The number of alkyl halides is 3. The second kappa shape index (κ2) is 7.54. The van der Waals surface area contributed by atoms with Gasteiger partial charge in [0.05, 0.1) is 11.5 Å². The van der Waals surface area contributed by atoms with Crippen molar-refractivity contribution >= 4 is 0 Å². The fraction of sp³-hybridized carbons (Fsp3) is 0.429. The number of allylic oxidation sites excluding steroid dienone is 2. The minimum atomic E-state index is -4.37. The average Bonchev–Trinajstić information content (AvgIpc) is 3.06. The Balaban J connectivity index is 1.69. The van der Waals surface area contributed by atoms with Crippen LogP contribution in [0, 0.1) is 5.92 Å². The summed E-state index contributed by atoms with van der Waals surface area (Å²) in [6.45, 7) is 1.78. The molecule has 2 heterocycles. The maximum Gasteiger partial charge on any atom is 0.416 e. The first-order valence-corrected chi connectivity index (χ1v) is 9.43. The van der Waals surface area contributed by atoms with Crippen LogP contribution >= 0.6 is 0 Å². The van der Waals surface area contributed by atoms with E-state index in [4.69, 9.17) is 9.47 Å². The SMILES string of the molecule is OC1=CC2=C(C=CC1C(c1ccc(C(F)(F)F)cc1)N1CCCCC1)OCO2. The van der Waals surface area contributed by atoms with Crippen LogP contribution in [-0.2, 0) is 15.7 Å². The van der Waals surface area contributed by atoms with E-state index >= 15 is 0 Å². The van der Waals surface area contributed by atoms with E-state index < -0.39 is 17.7 Å². The number of rotatable bonds is 3. The molecule has 1 aliphatic carbocycles. The van der Waals surface area contributed by atoms with Crippen molar-refractivity contribution in [1.29, 1.82) is 0 Å². The van der Waals surface area contributed by atoms with Gasteiger partial charge in [-0.15, -0.1) is 0 Å². The lowest BCUT2D eigenvalue weighted by Gasteiger charge is -2.38. The van der Waals surface area contributed by atoms with Crippen LogP contribution in [0.25, 0.3) is 0 Å². The predicted octanol–water partition coefficient (Wildman–Crippen LogP) is 5.08. The molecule has 2 unspecified atom stereocenters. The number of benzene rings is 1. The number of likely N-dealkylation sites (tertiary alicyclic amines) is 1. The summed E-state index contributed by atoms with van der Waals surface area (Å²) < 4.78 is 49.7. The Morgan fingerprint density at radius 1 is 1.00 bits per heavy atom. The van der Waals surface area contributed by atoms with Gasteiger partial charge in [-0.25, -0.2) is 0 Å². The van der Waals surface area contributed by atoms with Crippen molar-refractivity contribution in [3.63, 3.8) is 0 Å². The molecule has 1 aromatic rings. The lowest BCUT2D eigenvalue weighted by molar-refractivity contribution is -0.137. The molecule has 0 amide bonds. The minimum absolute atomic E-state index is 0.109. The molecule has 1 fully saturated rings. The summed E-state index contributed by atoms with van der Waals surface area (Å²) in [5.74, 6) is 0.731. The highest BCUT2D eigenvalue weighted by Crippen LogP contribution is 2.39. The van der Waals surface area contributed by atoms with Gasteiger partial charge in [0.1, 0.15) is 5.76 Å². The van der Waals surface area contributed by atoms with Crippen LogP contribution in [0.1, 0.15) is 36.4 Å². The van der Waals surface area contributed by atoms with Crippen LogP contribution in [0.5, 0.6) is 0 Å². The molecule has 0 aromatic heterocycles. The van der Waals surface area contributed by atoms with Crippen molar-refractivity contribution in [2.24, 2.45) is 5.92 Å². The predicted molar refractivity (Wildman–Crippen MR) is 97.0 cm³/mol. The average molecular weight is 393 g/mol. The number of aliphatic hydroxyl groups is 1. The third-order valence-corrected chi connectivity index (χ3v) is 5.45. The van der Waals surface area contributed by atoms with Gasteiger partial charge >= 0.3 is 6.18 Å². The van der Waals surface area contributed by atoms with Crippen molar-refractivity contribution in [2.75, 3.05) is 19.9 Å². The number of ether oxygens (including phenoxy) is 2. The van der Waals surface area contributed by atoms with Crippen LogP contribution < -0.4 is 0 Å². The summed E-state index contributed by atoms with van der Waals surface area (Å²) in [4.78, 5) is 2.24. The summed E-state index contributed by atoms with van der Waals surface area (Å²) in [5, 5.41) is 10.8. The van der Waals surface area contributed by atoms with Gasteiger partial charge in [0, 0.05) is 12.1 Å². The maximum atomic E-state index is 13.0. The van der Waals surface area contributed by atoms with Gasteiger partial charge in [0.25, 0.3) is 0 Å². The molecule has 4 nitrogen and oxygen atoms in total. The zero-order valence-corrected chi connectivity index (χ0v) is 15.3. The lowest BCUT2D eigenvalue weighted by atomic mass is 9.87. The Morgan fingerprint density at radius 3 is 2.36 bits per heavy atom. The summed E-state index contributed by atoms with van der Waals surface area (Å²) in [5.41, 5.74) is 0.0701. The lowest BCUT2D eigenvalue weighted by Crippen LogP contribution is -2.37. The van der Waals surface area contributed by atoms with Gasteiger partial charge in [-0.3, -0.25) is 4.90 Å². The quantitative estimate of drug-likeness (QED) is 0.778. The zero-order valence-electron chi connectivity index (χ0n) is 15.3. The molecule has 3 aliphatic rings. The van der Waals surface area contributed by atoms with Crippen molar-refractivity contribution in [3.05, 3.63) is 70.9 Å². The first-order valence-electron chi connectivity index (χ1n) is 9.43. The Bertz CT molecular complexity index is 805. The Labute approximate surface area is 161 Å². The van der Waals surface area contributed by atoms with E-state index in [0.717, 1.165) is 50.0 Å². The van der Waals surface area contributed by atoms with Crippen molar-refractivity contribution in [2.45, 2.75) is 31.5 Å². The molecule has 2 atom stereocenters. The minimum Gasteiger partial charge on any atom is -0.511 e. The number of hydrogen-bond acceptors (Lipinski definition) is 4. The molecule has 7 heteroatoms. The fourth-order valence-electron chi connectivity index (χ4n) is 4.04.